The molecule has 2 heterocycles. The molecule has 27 heavy (non-hydrogen) atoms. The molecule has 0 atom stereocenters. The first-order chi connectivity index (χ1) is 12.9. The van der Waals surface area contributed by atoms with E-state index < -0.39 is 9.84 Å². The Hall–Kier alpha value is -3.00. The molecule has 1 N–H and O–H groups in total. The fraction of sp³-hybridized carbons (Fsp3) is 0.211. The predicted octanol–water partition coefficient (Wildman–Crippen LogP) is 1.96. The number of amides is 1. The largest absolute Gasteiger partial charge is 0.352 e. The van der Waals surface area contributed by atoms with Gasteiger partial charge in [0.2, 0.25) is 5.91 Å². The van der Waals surface area contributed by atoms with E-state index in [4.69, 9.17) is 0 Å². The molecule has 0 aliphatic heterocycles. The van der Waals surface area contributed by atoms with Crippen molar-refractivity contribution in [1.29, 1.82) is 0 Å². The number of nitrogens with one attached hydrogen (secondary N) is 1. The lowest BCUT2D eigenvalue weighted by Crippen LogP contribution is -2.25. The molecule has 0 radical (unpaired) electrons. The molecule has 0 saturated carbocycles. The molecule has 7 nitrogen and oxygen atoms in total. The summed E-state index contributed by atoms with van der Waals surface area (Å²) >= 11 is 0. The molecule has 0 bridgehead atoms. The topological polar surface area (TPSA) is 94.0 Å². The van der Waals surface area contributed by atoms with Crippen molar-refractivity contribution in [3.05, 3.63) is 66.6 Å². The van der Waals surface area contributed by atoms with Crippen molar-refractivity contribution >= 4 is 15.7 Å². The highest BCUT2D eigenvalue weighted by molar-refractivity contribution is 7.91. The predicted molar refractivity (Wildman–Crippen MR) is 101 cm³/mol. The van der Waals surface area contributed by atoms with Crippen LogP contribution in [0.3, 0.4) is 0 Å². The Morgan fingerprint density at radius 3 is 2.52 bits per heavy atom. The van der Waals surface area contributed by atoms with E-state index in [0.29, 0.717) is 6.54 Å². The van der Waals surface area contributed by atoms with Gasteiger partial charge in [0, 0.05) is 38.0 Å². The van der Waals surface area contributed by atoms with Crippen LogP contribution in [0, 0.1) is 0 Å². The number of carbonyl (C=O) groups excluding carboxylic acids is 1. The first-order valence-electron chi connectivity index (χ1n) is 8.42. The van der Waals surface area contributed by atoms with E-state index in [0.717, 1.165) is 16.8 Å². The number of rotatable bonds is 7. The highest BCUT2D eigenvalue weighted by Gasteiger charge is 2.15. The number of hydrogen-bond donors (Lipinski definition) is 1. The molecule has 3 aromatic rings. The molecular formula is C19H20N4O3S. The minimum atomic E-state index is -3.45. The van der Waals surface area contributed by atoms with Gasteiger partial charge in [-0.2, -0.15) is 5.10 Å². The lowest BCUT2D eigenvalue weighted by atomic mass is 10.2. The lowest BCUT2D eigenvalue weighted by molar-refractivity contribution is -0.120. The maximum absolute atomic E-state index is 12.2. The molecule has 1 aromatic carbocycles. The maximum Gasteiger partial charge on any atom is 0.221 e. The zero-order chi connectivity index (χ0) is 19.3. The number of carbonyl (C=O) groups is 1. The minimum Gasteiger partial charge on any atom is -0.352 e. The third kappa shape index (κ3) is 5.01. The first-order valence-corrected chi connectivity index (χ1v) is 10.1. The van der Waals surface area contributed by atoms with E-state index in [1.54, 1.807) is 35.3 Å². The van der Waals surface area contributed by atoms with Crippen LogP contribution in [0.1, 0.15) is 12.0 Å². The average molecular weight is 384 g/mol. The van der Waals surface area contributed by atoms with Crippen LogP contribution in [0.2, 0.25) is 0 Å². The third-order valence-corrected chi connectivity index (χ3v) is 5.75. The van der Waals surface area contributed by atoms with Gasteiger partial charge in [-0.3, -0.25) is 14.5 Å². The molecule has 140 valence electrons. The van der Waals surface area contributed by atoms with Crippen molar-refractivity contribution in [1.82, 2.24) is 20.1 Å². The summed E-state index contributed by atoms with van der Waals surface area (Å²) in [5.41, 5.74) is 2.55. The van der Waals surface area contributed by atoms with Gasteiger partial charge in [-0.15, -0.1) is 0 Å². The molecular weight excluding hydrogens is 364 g/mol. The molecule has 0 aliphatic carbocycles. The van der Waals surface area contributed by atoms with Crippen LogP contribution in [0.15, 0.2) is 66.0 Å². The van der Waals surface area contributed by atoms with Gasteiger partial charge >= 0.3 is 0 Å². The molecule has 0 saturated heterocycles. The van der Waals surface area contributed by atoms with Crippen LogP contribution >= 0.6 is 0 Å². The number of sulfone groups is 1. The number of hydrogen-bond acceptors (Lipinski definition) is 5. The molecule has 0 spiro atoms. The van der Waals surface area contributed by atoms with Crippen molar-refractivity contribution in [3.8, 4) is 11.3 Å². The third-order valence-electron chi connectivity index (χ3n) is 4.02. The summed E-state index contributed by atoms with van der Waals surface area (Å²) in [6.45, 7) is 0.296. The Kier molecular flexibility index (Phi) is 5.66. The second-order valence-electron chi connectivity index (χ2n) is 6.11. The van der Waals surface area contributed by atoms with Gasteiger partial charge in [0.25, 0.3) is 0 Å². The van der Waals surface area contributed by atoms with Gasteiger partial charge in [0.1, 0.15) is 0 Å². The summed E-state index contributed by atoms with van der Waals surface area (Å²) in [5.74, 6) is -0.535. The lowest BCUT2D eigenvalue weighted by Gasteiger charge is -2.07. The molecule has 0 aliphatic rings. The maximum atomic E-state index is 12.2. The van der Waals surface area contributed by atoms with Gasteiger partial charge in [0.05, 0.1) is 22.5 Å². The van der Waals surface area contributed by atoms with Crippen molar-refractivity contribution < 1.29 is 13.2 Å². The summed E-state index contributed by atoms with van der Waals surface area (Å²) in [6.07, 6.45) is 5.20. The number of nitrogens with zero attached hydrogens (tertiary/aromatic N) is 3. The fourth-order valence-corrected chi connectivity index (χ4v) is 3.78. The molecule has 2 aromatic heterocycles. The smallest absolute Gasteiger partial charge is 0.221 e. The fourth-order valence-electron chi connectivity index (χ4n) is 2.52. The minimum absolute atomic E-state index is 0.0849. The summed E-state index contributed by atoms with van der Waals surface area (Å²) in [5, 5.41) is 6.83. The standard InChI is InChI=1S/C19H20N4O3S/c1-23-14-16(13-22-23)18-8-7-15(11-20-18)12-21-19(24)9-10-27(25,26)17-5-3-2-4-6-17/h2-8,11,13-14H,9-10,12H2,1H3,(H,21,24). The summed E-state index contributed by atoms with van der Waals surface area (Å²) in [7, 11) is -1.61. The van der Waals surface area contributed by atoms with Gasteiger partial charge < -0.3 is 5.32 Å². The highest BCUT2D eigenvalue weighted by Crippen LogP contribution is 2.15. The van der Waals surface area contributed by atoms with Crippen molar-refractivity contribution in [2.45, 2.75) is 17.9 Å². The normalized spacial score (nSPS) is 11.3. The second-order valence-corrected chi connectivity index (χ2v) is 8.22. The SMILES string of the molecule is Cn1cc(-c2ccc(CNC(=O)CCS(=O)(=O)c3ccccc3)cn2)cn1. The molecule has 1 amide bonds. The van der Waals surface area contributed by atoms with Gasteiger partial charge in [-0.05, 0) is 23.8 Å². The monoisotopic (exact) mass is 384 g/mol. The number of aromatic nitrogens is 3. The Morgan fingerprint density at radius 1 is 1.11 bits per heavy atom. The van der Waals surface area contributed by atoms with Gasteiger partial charge in [-0.25, -0.2) is 8.42 Å². The summed E-state index contributed by atoms with van der Waals surface area (Å²) < 4.78 is 26.1. The number of benzene rings is 1. The summed E-state index contributed by atoms with van der Waals surface area (Å²) in [4.78, 5) is 16.6. The van der Waals surface area contributed by atoms with Crippen molar-refractivity contribution in [2.24, 2.45) is 7.05 Å². The second kappa shape index (κ2) is 8.13. The van der Waals surface area contributed by atoms with Crippen LogP contribution in [-0.4, -0.2) is 34.8 Å². The van der Waals surface area contributed by atoms with E-state index in [2.05, 4.69) is 15.4 Å². The Bertz CT molecular complexity index is 1010. The average Bonchev–Trinajstić information content (AvgIpc) is 3.12. The quantitative estimate of drug-likeness (QED) is 0.672. The molecule has 3 rings (SSSR count). The van der Waals surface area contributed by atoms with Gasteiger partial charge in [-0.1, -0.05) is 24.3 Å². The molecule has 0 unspecified atom stereocenters. The zero-order valence-electron chi connectivity index (χ0n) is 14.9. The molecule has 0 fully saturated rings. The Labute approximate surface area is 158 Å². The first kappa shape index (κ1) is 18.8. The van der Waals surface area contributed by atoms with E-state index in [-0.39, 0.29) is 23.0 Å². The van der Waals surface area contributed by atoms with Crippen molar-refractivity contribution in [2.75, 3.05) is 5.75 Å². The van der Waals surface area contributed by atoms with Crippen LogP contribution in [0.25, 0.3) is 11.3 Å². The van der Waals surface area contributed by atoms with Crippen LogP contribution < -0.4 is 5.32 Å². The highest BCUT2D eigenvalue weighted by atomic mass is 32.2. The van der Waals surface area contributed by atoms with E-state index >= 15 is 0 Å². The van der Waals surface area contributed by atoms with E-state index in [9.17, 15) is 13.2 Å². The van der Waals surface area contributed by atoms with Crippen LogP contribution in [-0.2, 0) is 28.2 Å². The van der Waals surface area contributed by atoms with E-state index in [1.807, 2.05) is 25.4 Å². The number of aryl methyl sites for hydroxylation is 1. The van der Waals surface area contributed by atoms with Crippen LogP contribution in [0.4, 0.5) is 0 Å². The van der Waals surface area contributed by atoms with E-state index in [1.165, 1.54) is 12.1 Å². The molecule has 8 heteroatoms. The van der Waals surface area contributed by atoms with Crippen molar-refractivity contribution in [3.63, 3.8) is 0 Å². The van der Waals surface area contributed by atoms with Crippen LogP contribution in [0.5, 0.6) is 0 Å². The summed E-state index contributed by atoms with van der Waals surface area (Å²) in [6, 6.07) is 11.9. The number of pyridine rings is 1. The Morgan fingerprint density at radius 2 is 1.89 bits per heavy atom. The zero-order valence-corrected chi connectivity index (χ0v) is 15.7. The van der Waals surface area contributed by atoms with Gasteiger partial charge in [0.15, 0.2) is 9.84 Å². The Balaban J connectivity index is 1.50.